The molecule has 1 unspecified atom stereocenters. The summed E-state index contributed by atoms with van der Waals surface area (Å²) in [6, 6.07) is 13.8. The fourth-order valence-electron chi connectivity index (χ4n) is 2.48. The normalized spacial score (nSPS) is 14.0. The first-order chi connectivity index (χ1) is 9.55. The Kier molecular flexibility index (Phi) is 4.79. The number of halogens is 2. The van der Waals surface area contributed by atoms with E-state index in [0.717, 1.165) is 17.5 Å². The van der Waals surface area contributed by atoms with E-state index >= 15 is 0 Å². The predicted octanol–water partition coefficient (Wildman–Crippen LogP) is 4.71. The number of aliphatic hydroxyl groups is 1. The Balaban J connectivity index is 2.34. The highest BCUT2D eigenvalue weighted by atomic mass is 35.5. The molecule has 0 aromatic heterocycles. The van der Waals surface area contributed by atoms with Crippen molar-refractivity contribution >= 4 is 11.6 Å². The van der Waals surface area contributed by atoms with Gasteiger partial charge in [0.05, 0.1) is 5.60 Å². The average Bonchev–Trinajstić information content (AvgIpc) is 2.43. The summed E-state index contributed by atoms with van der Waals surface area (Å²) in [6.45, 7) is 2.03. The lowest BCUT2D eigenvalue weighted by Crippen LogP contribution is -2.28. The summed E-state index contributed by atoms with van der Waals surface area (Å²) in [5.41, 5.74) is 0.646. The minimum Gasteiger partial charge on any atom is -0.385 e. The molecule has 2 aromatic carbocycles. The van der Waals surface area contributed by atoms with Gasteiger partial charge in [-0.2, -0.15) is 0 Å². The van der Waals surface area contributed by atoms with Crippen molar-refractivity contribution in [2.24, 2.45) is 0 Å². The summed E-state index contributed by atoms with van der Waals surface area (Å²) in [5, 5.41) is 11.3. The van der Waals surface area contributed by atoms with Crippen molar-refractivity contribution < 1.29 is 9.50 Å². The van der Waals surface area contributed by atoms with Crippen molar-refractivity contribution in [2.75, 3.05) is 0 Å². The third kappa shape index (κ3) is 3.38. The van der Waals surface area contributed by atoms with Crippen molar-refractivity contribution in [2.45, 2.75) is 31.8 Å². The van der Waals surface area contributed by atoms with Gasteiger partial charge in [-0.25, -0.2) is 4.39 Å². The number of hydrogen-bond donors (Lipinski definition) is 1. The van der Waals surface area contributed by atoms with Gasteiger partial charge < -0.3 is 5.11 Å². The highest BCUT2D eigenvalue weighted by molar-refractivity contribution is 6.31. The number of hydrogen-bond acceptors (Lipinski definition) is 1. The van der Waals surface area contributed by atoms with E-state index in [4.69, 9.17) is 11.6 Å². The molecule has 0 saturated carbocycles. The second-order valence-corrected chi connectivity index (χ2v) is 5.47. The van der Waals surface area contributed by atoms with E-state index in [1.165, 1.54) is 12.1 Å². The van der Waals surface area contributed by atoms with Crippen LogP contribution >= 0.6 is 11.6 Å². The molecule has 0 amide bonds. The molecule has 0 saturated heterocycles. The molecule has 20 heavy (non-hydrogen) atoms. The molecule has 1 atom stereocenters. The Hall–Kier alpha value is -1.38. The van der Waals surface area contributed by atoms with Gasteiger partial charge in [-0.05, 0) is 29.7 Å². The van der Waals surface area contributed by atoms with E-state index in [9.17, 15) is 9.50 Å². The maximum atomic E-state index is 13.1. The van der Waals surface area contributed by atoms with Crippen LogP contribution in [0.25, 0.3) is 0 Å². The lowest BCUT2D eigenvalue weighted by Gasteiger charge is -2.29. The third-order valence-corrected chi connectivity index (χ3v) is 3.82. The van der Waals surface area contributed by atoms with Crippen LogP contribution in [0.15, 0.2) is 48.5 Å². The molecule has 0 aliphatic carbocycles. The Morgan fingerprint density at radius 2 is 1.85 bits per heavy atom. The molecule has 0 fully saturated rings. The van der Waals surface area contributed by atoms with Crippen molar-refractivity contribution in [3.63, 3.8) is 0 Å². The maximum absolute atomic E-state index is 13.1. The second kappa shape index (κ2) is 6.38. The number of rotatable bonds is 5. The van der Waals surface area contributed by atoms with Gasteiger partial charge in [0.25, 0.3) is 0 Å². The Morgan fingerprint density at radius 3 is 2.45 bits per heavy atom. The highest BCUT2D eigenvalue weighted by Gasteiger charge is 2.29. The standard InChI is InChI=1S/C17H18ClFO/c1-2-10-17(20,14-6-4-3-5-7-14)12-13-8-9-15(19)11-16(13)18/h3-9,11,20H,2,10,12H2,1H3. The van der Waals surface area contributed by atoms with Crippen LogP contribution in [-0.2, 0) is 12.0 Å². The van der Waals surface area contributed by atoms with E-state index in [-0.39, 0.29) is 5.82 Å². The van der Waals surface area contributed by atoms with Gasteiger partial charge >= 0.3 is 0 Å². The molecule has 2 aromatic rings. The fraction of sp³-hybridized carbons (Fsp3) is 0.294. The van der Waals surface area contributed by atoms with Crippen molar-refractivity contribution in [3.8, 4) is 0 Å². The summed E-state index contributed by atoms with van der Waals surface area (Å²) < 4.78 is 13.1. The second-order valence-electron chi connectivity index (χ2n) is 5.06. The van der Waals surface area contributed by atoms with E-state index in [1.807, 2.05) is 37.3 Å². The smallest absolute Gasteiger partial charge is 0.124 e. The average molecular weight is 293 g/mol. The van der Waals surface area contributed by atoms with Gasteiger partial charge in [0.15, 0.2) is 0 Å². The zero-order chi connectivity index (χ0) is 14.6. The molecular formula is C17H18ClFO. The minimum atomic E-state index is -0.975. The summed E-state index contributed by atoms with van der Waals surface area (Å²) in [7, 11) is 0. The van der Waals surface area contributed by atoms with E-state index in [1.54, 1.807) is 6.07 Å². The third-order valence-electron chi connectivity index (χ3n) is 3.47. The quantitative estimate of drug-likeness (QED) is 0.846. The largest absolute Gasteiger partial charge is 0.385 e. The van der Waals surface area contributed by atoms with Crippen LogP contribution in [0.2, 0.25) is 5.02 Å². The van der Waals surface area contributed by atoms with Gasteiger partial charge in [0.2, 0.25) is 0 Å². The monoisotopic (exact) mass is 292 g/mol. The van der Waals surface area contributed by atoms with Crippen LogP contribution < -0.4 is 0 Å². The van der Waals surface area contributed by atoms with Gasteiger partial charge in [-0.1, -0.05) is 61.3 Å². The zero-order valence-corrected chi connectivity index (χ0v) is 12.2. The van der Waals surface area contributed by atoms with Gasteiger partial charge in [-0.3, -0.25) is 0 Å². The summed E-state index contributed by atoms with van der Waals surface area (Å²) >= 11 is 6.07. The molecule has 0 radical (unpaired) electrons. The van der Waals surface area contributed by atoms with Gasteiger partial charge in [0, 0.05) is 11.4 Å². The molecule has 1 nitrogen and oxygen atoms in total. The molecule has 106 valence electrons. The highest BCUT2D eigenvalue weighted by Crippen LogP contribution is 2.33. The first-order valence-corrected chi connectivity index (χ1v) is 7.15. The first-order valence-electron chi connectivity index (χ1n) is 6.77. The van der Waals surface area contributed by atoms with Crippen molar-refractivity contribution in [3.05, 3.63) is 70.5 Å². The lowest BCUT2D eigenvalue weighted by molar-refractivity contribution is 0.0269. The van der Waals surface area contributed by atoms with Gasteiger partial charge in [0.1, 0.15) is 5.82 Å². The molecule has 2 rings (SSSR count). The first kappa shape index (κ1) is 15.0. The zero-order valence-electron chi connectivity index (χ0n) is 11.4. The van der Waals surface area contributed by atoms with Crippen LogP contribution in [0, 0.1) is 5.82 Å². The molecule has 0 spiro atoms. The van der Waals surface area contributed by atoms with E-state index in [0.29, 0.717) is 17.9 Å². The SMILES string of the molecule is CCCC(O)(Cc1ccc(F)cc1Cl)c1ccccc1. The Labute approximate surface area is 124 Å². The lowest BCUT2D eigenvalue weighted by atomic mass is 9.83. The minimum absolute atomic E-state index is 0.357. The molecule has 1 N–H and O–H groups in total. The molecule has 3 heteroatoms. The topological polar surface area (TPSA) is 20.2 Å². The van der Waals surface area contributed by atoms with E-state index < -0.39 is 5.60 Å². The van der Waals surface area contributed by atoms with E-state index in [2.05, 4.69) is 0 Å². The molecule has 0 aliphatic rings. The molecule has 0 aliphatic heterocycles. The molecule has 0 heterocycles. The van der Waals surface area contributed by atoms with Gasteiger partial charge in [-0.15, -0.1) is 0 Å². The fourth-order valence-corrected chi connectivity index (χ4v) is 2.71. The Bertz CT molecular complexity index is 570. The maximum Gasteiger partial charge on any atom is 0.124 e. The van der Waals surface area contributed by atoms with Crippen molar-refractivity contribution in [1.29, 1.82) is 0 Å². The summed E-state index contributed by atoms with van der Waals surface area (Å²) in [6.07, 6.45) is 1.86. The van der Waals surface area contributed by atoms with Crippen LogP contribution in [0.4, 0.5) is 4.39 Å². The summed E-state index contributed by atoms with van der Waals surface area (Å²) in [5.74, 6) is -0.363. The van der Waals surface area contributed by atoms with Crippen LogP contribution in [0.3, 0.4) is 0 Å². The van der Waals surface area contributed by atoms with Crippen LogP contribution in [0.1, 0.15) is 30.9 Å². The number of benzene rings is 2. The van der Waals surface area contributed by atoms with Crippen molar-refractivity contribution in [1.82, 2.24) is 0 Å². The molecular weight excluding hydrogens is 275 g/mol. The Morgan fingerprint density at radius 1 is 1.15 bits per heavy atom. The summed E-state index contributed by atoms with van der Waals surface area (Å²) in [4.78, 5) is 0. The van der Waals surface area contributed by atoms with Crippen LogP contribution in [0.5, 0.6) is 0 Å². The predicted molar refractivity (Wildman–Crippen MR) is 80.4 cm³/mol. The van der Waals surface area contributed by atoms with Crippen LogP contribution in [-0.4, -0.2) is 5.11 Å². The molecule has 0 bridgehead atoms.